The van der Waals surface area contributed by atoms with E-state index in [2.05, 4.69) is 10.3 Å². The SMILES string of the molecule is Cc1cc(C(=O)O[C@@H](C)C(=O)N[C@H](C)c2ccc(F)cc2)c2ccccc2n1. The summed E-state index contributed by atoms with van der Waals surface area (Å²) in [6.07, 6.45) is -0.984. The number of ether oxygens (including phenoxy) is 1. The third-order valence-electron chi connectivity index (χ3n) is 4.45. The van der Waals surface area contributed by atoms with Crippen molar-refractivity contribution >= 4 is 22.8 Å². The minimum Gasteiger partial charge on any atom is -0.449 e. The van der Waals surface area contributed by atoms with Gasteiger partial charge in [0.05, 0.1) is 17.1 Å². The normalized spacial score (nSPS) is 13.0. The molecule has 0 fully saturated rings. The second-order valence-corrected chi connectivity index (χ2v) is 6.66. The molecule has 0 bridgehead atoms. The van der Waals surface area contributed by atoms with Crippen LogP contribution < -0.4 is 5.32 Å². The number of esters is 1. The molecule has 2 atom stereocenters. The summed E-state index contributed by atoms with van der Waals surface area (Å²) in [6, 6.07) is 14.4. The molecule has 1 N–H and O–H groups in total. The van der Waals surface area contributed by atoms with E-state index < -0.39 is 18.0 Å². The molecular formula is C22H21FN2O3. The second kappa shape index (κ2) is 8.17. The van der Waals surface area contributed by atoms with Crippen LogP contribution in [-0.4, -0.2) is 23.0 Å². The molecule has 1 aromatic heterocycles. The molecule has 1 amide bonds. The van der Waals surface area contributed by atoms with Crippen molar-refractivity contribution in [2.45, 2.75) is 32.9 Å². The van der Waals surface area contributed by atoms with E-state index in [1.807, 2.05) is 18.2 Å². The minimum absolute atomic E-state index is 0.343. The number of nitrogens with zero attached hydrogens (tertiary/aromatic N) is 1. The first-order chi connectivity index (χ1) is 13.3. The first-order valence-corrected chi connectivity index (χ1v) is 8.98. The molecule has 1 heterocycles. The average Bonchev–Trinajstić information content (AvgIpc) is 2.67. The van der Waals surface area contributed by atoms with Gasteiger partial charge in [0.25, 0.3) is 5.91 Å². The predicted octanol–water partition coefficient (Wildman–Crippen LogP) is 4.11. The number of carbonyl (C=O) groups is 2. The number of nitrogens with one attached hydrogen (secondary N) is 1. The van der Waals surface area contributed by atoms with Crippen molar-refractivity contribution in [2.75, 3.05) is 0 Å². The first-order valence-electron chi connectivity index (χ1n) is 8.98. The summed E-state index contributed by atoms with van der Waals surface area (Å²) in [5, 5.41) is 3.44. The summed E-state index contributed by atoms with van der Waals surface area (Å²) >= 11 is 0. The number of fused-ring (bicyclic) bond motifs is 1. The summed E-state index contributed by atoms with van der Waals surface area (Å²) in [5.41, 5.74) is 2.50. The monoisotopic (exact) mass is 380 g/mol. The van der Waals surface area contributed by atoms with Gasteiger partial charge in [0.2, 0.25) is 0 Å². The highest BCUT2D eigenvalue weighted by molar-refractivity contribution is 6.04. The zero-order chi connectivity index (χ0) is 20.3. The number of carbonyl (C=O) groups excluding carboxylic acids is 2. The zero-order valence-electron chi connectivity index (χ0n) is 15.9. The van der Waals surface area contributed by atoms with Crippen LogP contribution in [0, 0.1) is 12.7 Å². The Bertz CT molecular complexity index is 1020. The van der Waals surface area contributed by atoms with Gasteiger partial charge in [-0.1, -0.05) is 30.3 Å². The Kier molecular flexibility index (Phi) is 5.68. The zero-order valence-corrected chi connectivity index (χ0v) is 15.9. The number of amides is 1. The molecule has 6 heteroatoms. The lowest BCUT2D eigenvalue weighted by molar-refractivity contribution is -0.129. The molecule has 2 aromatic carbocycles. The molecule has 0 saturated carbocycles. The minimum atomic E-state index is -0.984. The molecule has 28 heavy (non-hydrogen) atoms. The Morgan fingerprint density at radius 3 is 2.46 bits per heavy atom. The van der Waals surface area contributed by atoms with E-state index in [4.69, 9.17) is 4.74 Å². The quantitative estimate of drug-likeness (QED) is 0.677. The maximum absolute atomic E-state index is 13.0. The Morgan fingerprint density at radius 2 is 1.75 bits per heavy atom. The van der Waals surface area contributed by atoms with Gasteiger partial charge in [-0.3, -0.25) is 9.78 Å². The number of hydrogen-bond acceptors (Lipinski definition) is 4. The van der Waals surface area contributed by atoms with Gasteiger partial charge in [0.15, 0.2) is 6.10 Å². The number of rotatable bonds is 5. The Balaban J connectivity index is 1.70. The van der Waals surface area contributed by atoms with Crippen LogP contribution >= 0.6 is 0 Å². The highest BCUT2D eigenvalue weighted by atomic mass is 19.1. The Labute approximate surface area is 162 Å². The molecule has 0 aliphatic carbocycles. The van der Waals surface area contributed by atoms with E-state index in [0.717, 1.165) is 5.56 Å². The smallest absolute Gasteiger partial charge is 0.339 e. The molecule has 0 unspecified atom stereocenters. The molecule has 0 aliphatic heterocycles. The second-order valence-electron chi connectivity index (χ2n) is 6.66. The van der Waals surface area contributed by atoms with Gasteiger partial charge in [0, 0.05) is 11.1 Å². The number of aryl methyl sites for hydroxylation is 1. The summed E-state index contributed by atoms with van der Waals surface area (Å²) in [6.45, 7) is 5.09. The molecular weight excluding hydrogens is 359 g/mol. The molecule has 144 valence electrons. The third kappa shape index (κ3) is 4.34. The summed E-state index contributed by atoms with van der Waals surface area (Å²) in [5.74, 6) is -1.36. The summed E-state index contributed by atoms with van der Waals surface area (Å²) in [4.78, 5) is 29.5. The van der Waals surface area contributed by atoms with Crippen molar-refractivity contribution in [2.24, 2.45) is 0 Å². The van der Waals surface area contributed by atoms with Gasteiger partial charge < -0.3 is 10.1 Å². The van der Waals surface area contributed by atoms with Crippen molar-refractivity contribution in [3.05, 3.63) is 77.2 Å². The van der Waals surface area contributed by atoms with Gasteiger partial charge in [0.1, 0.15) is 5.82 Å². The third-order valence-corrected chi connectivity index (χ3v) is 4.45. The highest BCUT2D eigenvalue weighted by Gasteiger charge is 2.22. The topological polar surface area (TPSA) is 68.3 Å². The van der Waals surface area contributed by atoms with Crippen LogP contribution in [0.4, 0.5) is 4.39 Å². The average molecular weight is 380 g/mol. The van der Waals surface area contributed by atoms with Crippen molar-refractivity contribution in [1.29, 1.82) is 0 Å². The Morgan fingerprint density at radius 1 is 1.07 bits per heavy atom. The fourth-order valence-corrected chi connectivity index (χ4v) is 2.92. The van der Waals surface area contributed by atoms with Crippen LogP contribution in [0.2, 0.25) is 0 Å². The van der Waals surface area contributed by atoms with Crippen LogP contribution in [0.3, 0.4) is 0 Å². The summed E-state index contributed by atoms with van der Waals surface area (Å²) in [7, 11) is 0. The van der Waals surface area contributed by atoms with Gasteiger partial charge >= 0.3 is 5.97 Å². The van der Waals surface area contributed by atoms with Crippen LogP contribution in [0.5, 0.6) is 0 Å². The molecule has 0 spiro atoms. The van der Waals surface area contributed by atoms with Crippen molar-refractivity contribution < 1.29 is 18.7 Å². The molecule has 3 aromatic rings. The highest BCUT2D eigenvalue weighted by Crippen LogP contribution is 2.20. The van der Waals surface area contributed by atoms with E-state index in [9.17, 15) is 14.0 Å². The largest absolute Gasteiger partial charge is 0.449 e. The van der Waals surface area contributed by atoms with E-state index >= 15 is 0 Å². The maximum atomic E-state index is 13.0. The number of pyridine rings is 1. The lowest BCUT2D eigenvalue weighted by Gasteiger charge is -2.18. The molecule has 3 rings (SSSR count). The lowest BCUT2D eigenvalue weighted by Crippen LogP contribution is -2.37. The number of benzene rings is 2. The van der Waals surface area contributed by atoms with Gasteiger partial charge in [-0.2, -0.15) is 0 Å². The summed E-state index contributed by atoms with van der Waals surface area (Å²) < 4.78 is 18.4. The number of para-hydroxylation sites is 1. The maximum Gasteiger partial charge on any atom is 0.339 e. The molecule has 0 radical (unpaired) electrons. The van der Waals surface area contributed by atoms with Gasteiger partial charge in [-0.15, -0.1) is 0 Å². The molecule has 5 nitrogen and oxygen atoms in total. The Hall–Kier alpha value is -3.28. The van der Waals surface area contributed by atoms with Crippen molar-refractivity contribution in [3.8, 4) is 0 Å². The predicted molar refractivity (Wildman–Crippen MR) is 104 cm³/mol. The first kappa shape index (κ1) is 19.5. The molecule has 0 aliphatic rings. The fourth-order valence-electron chi connectivity index (χ4n) is 2.92. The lowest BCUT2D eigenvalue weighted by atomic mass is 10.1. The van der Waals surface area contributed by atoms with Crippen molar-refractivity contribution in [3.63, 3.8) is 0 Å². The van der Waals surface area contributed by atoms with Crippen LogP contribution in [0.25, 0.3) is 10.9 Å². The van der Waals surface area contributed by atoms with Crippen LogP contribution in [0.15, 0.2) is 54.6 Å². The van der Waals surface area contributed by atoms with E-state index in [1.54, 1.807) is 38.1 Å². The number of aromatic nitrogens is 1. The van der Waals surface area contributed by atoms with Gasteiger partial charge in [-0.05, 0) is 50.6 Å². The van der Waals surface area contributed by atoms with Crippen LogP contribution in [-0.2, 0) is 9.53 Å². The fraction of sp³-hybridized carbons (Fsp3) is 0.227. The number of hydrogen-bond donors (Lipinski definition) is 1. The van der Waals surface area contributed by atoms with Gasteiger partial charge in [-0.25, -0.2) is 9.18 Å². The van der Waals surface area contributed by atoms with E-state index in [1.165, 1.54) is 19.1 Å². The van der Waals surface area contributed by atoms with E-state index in [0.29, 0.717) is 22.2 Å². The standard InChI is InChI=1S/C22H21FN2O3/c1-13-12-19(18-6-4-5-7-20(18)24-13)22(27)28-15(3)21(26)25-14(2)16-8-10-17(23)11-9-16/h4-12,14-15H,1-3H3,(H,25,26)/t14-,15+/m1/s1. The number of halogens is 1. The molecule has 0 saturated heterocycles. The van der Waals surface area contributed by atoms with E-state index in [-0.39, 0.29) is 11.9 Å². The van der Waals surface area contributed by atoms with Crippen LogP contribution in [0.1, 0.15) is 41.5 Å². The van der Waals surface area contributed by atoms with Crippen molar-refractivity contribution in [1.82, 2.24) is 10.3 Å².